The molecule has 1 amide bonds. The average Bonchev–Trinajstić information content (AvgIpc) is 2.59. The second-order valence-corrected chi connectivity index (χ2v) is 6.15. The molecular weight excluding hydrogens is 383 g/mol. The first-order valence-corrected chi connectivity index (χ1v) is 8.20. The fourth-order valence-electron chi connectivity index (χ4n) is 2.23. The molecule has 0 fully saturated rings. The van der Waals surface area contributed by atoms with Gasteiger partial charge >= 0.3 is 5.97 Å². The predicted molar refractivity (Wildman–Crippen MR) is 96.4 cm³/mol. The van der Waals surface area contributed by atoms with Gasteiger partial charge in [-0.1, -0.05) is 41.4 Å². The van der Waals surface area contributed by atoms with Gasteiger partial charge in [-0.15, -0.1) is 0 Å². The summed E-state index contributed by atoms with van der Waals surface area (Å²) in [6.45, 7) is 1.12. The Morgan fingerprint density at radius 3 is 2.58 bits per heavy atom. The molecule has 1 N–H and O–H groups in total. The molecule has 26 heavy (non-hydrogen) atoms. The molecule has 0 saturated heterocycles. The smallest absolute Gasteiger partial charge is 0.345 e. The molecule has 136 valence electrons. The van der Waals surface area contributed by atoms with Crippen LogP contribution in [-0.4, -0.2) is 23.4 Å². The second-order valence-electron chi connectivity index (χ2n) is 5.31. The third-order valence-electron chi connectivity index (χ3n) is 3.46. The van der Waals surface area contributed by atoms with E-state index >= 15 is 0 Å². The van der Waals surface area contributed by atoms with Gasteiger partial charge in [0.2, 0.25) is 0 Å². The highest BCUT2D eigenvalue weighted by Crippen LogP contribution is 2.26. The number of carbonyl (C=O) groups is 2. The van der Waals surface area contributed by atoms with E-state index in [0.717, 1.165) is 0 Å². The molecule has 0 saturated carbocycles. The summed E-state index contributed by atoms with van der Waals surface area (Å²) in [5.74, 6) is -1.53. The number of hydrogen-bond acceptors (Lipinski definition) is 5. The predicted octanol–water partition coefficient (Wildman–Crippen LogP) is 3.94. The van der Waals surface area contributed by atoms with Gasteiger partial charge in [0.25, 0.3) is 11.6 Å². The lowest BCUT2D eigenvalue weighted by atomic mass is 10.1. The molecule has 0 aliphatic heterocycles. The van der Waals surface area contributed by atoms with Gasteiger partial charge in [-0.2, -0.15) is 0 Å². The Morgan fingerprint density at radius 2 is 1.92 bits per heavy atom. The molecule has 0 bridgehead atoms. The summed E-state index contributed by atoms with van der Waals surface area (Å²) in [6.07, 6.45) is 0. The highest BCUT2D eigenvalue weighted by atomic mass is 35.5. The number of para-hydroxylation sites is 1. The molecule has 2 aromatic rings. The molecule has 2 rings (SSSR count). The van der Waals surface area contributed by atoms with Crippen molar-refractivity contribution in [2.75, 3.05) is 6.61 Å². The number of halogens is 2. The van der Waals surface area contributed by atoms with Crippen LogP contribution in [0.15, 0.2) is 42.5 Å². The SMILES string of the molecule is C[C@H](NC(=O)COC(=O)c1ccccc1[N+](=O)[O-])c1ccc(Cl)cc1Cl. The maximum atomic E-state index is 12.0. The minimum atomic E-state index is -0.954. The van der Waals surface area contributed by atoms with E-state index in [2.05, 4.69) is 5.32 Å². The second kappa shape index (κ2) is 8.64. The van der Waals surface area contributed by atoms with Gasteiger partial charge in [0, 0.05) is 16.1 Å². The van der Waals surface area contributed by atoms with E-state index < -0.39 is 29.4 Å². The van der Waals surface area contributed by atoms with Gasteiger partial charge in [-0.25, -0.2) is 4.79 Å². The zero-order valence-corrected chi connectivity index (χ0v) is 15.1. The lowest BCUT2D eigenvalue weighted by Crippen LogP contribution is -2.31. The van der Waals surface area contributed by atoms with Gasteiger partial charge in [0.15, 0.2) is 6.61 Å². The number of nitrogens with one attached hydrogen (secondary N) is 1. The van der Waals surface area contributed by atoms with Crippen LogP contribution in [-0.2, 0) is 9.53 Å². The maximum absolute atomic E-state index is 12.0. The fraction of sp³-hybridized carbons (Fsp3) is 0.176. The van der Waals surface area contributed by atoms with Crippen molar-refractivity contribution in [3.05, 3.63) is 73.8 Å². The van der Waals surface area contributed by atoms with Gasteiger partial charge < -0.3 is 10.1 Å². The number of carbonyl (C=O) groups excluding carboxylic acids is 2. The summed E-state index contributed by atoms with van der Waals surface area (Å²) in [5.41, 5.74) is 0.0350. The third kappa shape index (κ3) is 4.93. The van der Waals surface area contributed by atoms with E-state index in [4.69, 9.17) is 27.9 Å². The van der Waals surface area contributed by atoms with Crippen molar-refractivity contribution in [1.29, 1.82) is 0 Å². The van der Waals surface area contributed by atoms with Crippen LogP contribution in [0.4, 0.5) is 5.69 Å². The lowest BCUT2D eigenvalue weighted by molar-refractivity contribution is -0.385. The third-order valence-corrected chi connectivity index (χ3v) is 4.02. The summed E-state index contributed by atoms with van der Waals surface area (Å²) in [4.78, 5) is 34.2. The topological polar surface area (TPSA) is 98.5 Å². The molecule has 0 unspecified atom stereocenters. The minimum Gasteiger partial charge on any atom is -0.452 e. The number of nitrogens with zero attached hydrogens (tertiary/aromatic N) is 1. The first kappa shape index (κ1) is 19.7. The monoisotopic (exact) mass is 396 g/mol. The molecule has 1 atom stereocenters. The van der Waals surface area contributed by atoms with E-state index in [-0.39, 0.29) is 11.3 Å². The van der Waals surface area contributed by atoms with Crippen LogP contribution in [0.3, 0.4) is 0 Å². The van der Waals surface area contributed by atoms with Gasteiger partial charge in [0.05, 0.1) is 11.0 Å². The number of hydrogen-bond donors (Lipinski definition) is 1. The van der Waals surface area contributed by atoms with Crippen LogP contribution < -0.4 is 5.32 Å². The first-order valence-electron chi connectivity index (χ1n) is 7.44. The number of esters is 1. The summed E-state index contributed by atoms with van der Waals surface area (Å²) in [7, 11) is 0. The molecule has 0 aromatic heterocycles. The maximum Gasteiger partial charge on any atom is 0.345 e. The van der Waals surface area contributed by atoms with Crippen molar-refractivity contribution >= 4 is 40.8 Å². The highest BCUT2D eigenvalue weighted by Gasteiger charge is 2.21. The Kier molecular flexibility index (Phi) is 6.54. The first-order chi connectivity index (χ1) is 12.3. The van der Waals surface area contributed by atoms with Crippen LogP contribution in [0.1, 0.15) is 28.9 Å². The van der Waals surface area contributed by atoms with Gasteiger partial charge in [0.1, 0.15) is 5.56 Å². The summed E-state index contributed by atoms with van der Waals surface area (Å²) in [6, 6.07) is 9.75. The van der Waals surface area contributed by atoms with Crippen LogP contribution in [0.5, 0.6) is 0 Å². The van der Waals surface area contributed by atoms with Crippen molar-refractivity contribution in [2.45, 2.75) is 13.0 Å². The zero-order chi connectivity index (χ0) is 19.3. The molecular formula is C17H14Cl2N2O5. The fourth-order valence-corrected chi connectivity index (χ4v) is 2.80. The molecule has 9 heteroatoms. The van der Waals surface area contributed by atoms with Gasteiger partial charge in [-0.3, -0.25) is 14.9 Å². The van der Waals surface area contributed by atoms with Crippen molar-refractivity contribution in [1.82, 2.24) is 5.32 Å². The van der Waals surface area contributed by atoms with E-state index in [9.17, 15) is 19.7 Å². The van der Waals surface area contributed by atoms with E-state index in [1.165, 1.54) is 24.3 Å². The quantitative estimate of drug-likeness (QED) is 0.452. The molecule has 0 aliphatic rings. The van der Waals surface area contributed by atoms with E-state index in [0.29, 0.717) is 15.6 Å². The summed E-state index contributed by atoms with van der Waals surface area (Å²) in [5, 5.41) is 14.4. The number of benzene rings is 2. The Morgan fingerprint density at radius 1 is 1.23 bits per heavy atom. The van der Waals surface area contributed by atoms with E-state index in [1.807, 2.05) is 0 Å². The van der Waals surface area contributed by atoms with Crippen molar-refractivity contribution < 1.29 is 19.2 Å². The lowest BCUT2D eigenvalue weighted by Gasteiger charge is -2.16. The number of amides is 1. The largest absolute Gasteiger partial charge is 0.452 e. The number of nitro groups is 1. The van der Waals surface area contributed by atoms with Crippen LogP contribution in [0, 0.1) is 10.1 Å². The molecule has 0 aliphatic carbocycles. The number of ether oxygens (including phenoxy) is 1. The van der Waals surface area contributed by atoms with E-state index in [1.54, 1.807) is 25.1 Å². The average molecular weight is 397 g/mol. The number of nitro benzene ring substituents is 1. The van der Waals surface area contributed by atoms with Crippen LogP contribution >= 0.6 is 23.2 Å². The Bertz CT molecular complexity index is 857. The molecule has 0 spiro atoms. The highest BCUT2D eigenvalue weighted by molar-refractivity contribution is 6.35. The summed E-state index contributed by atoms with van der Waals surface area (Å²) < 4.78 is 4.86. The van der Waals surface area contributed by atoms with Crippen molar-refractivity contribution in [3.63, 3.8) is 0 Å². The van der Waals surface area contributed by atoms with Crippen molar-refractivity contribution in [2.24, 2.45) is 0 Å². The van der Waals surface area contributed by atoms with Crippen LogP contribution in [0.25, 0.3) is 0 Å². The standard InChI is InChI=1S/C17H14Cl2N2O5/c1-10(12-7-6-11(18)8-14(12)19)20-16(22)9-26-17(23)13-4-2-3-5-15(13)21(24)25/h2-8,10H,9H2,1H3,(H,20,22)/t10-/m0/s1. The zero-order valence-electron chi connectivity index (χ0n) is 13.6. The Hall–Kier alpha value is -2.64. The summed E-state index contributed by atoms with van der Waals surface area (Å²) >= 11 is 11.9. The molecule has 7 nitrogen and oxygen atoms in total. The van der Waals surface area contributed by atoms with Crippen LogP contribution in [0.2, 0.25) is 10.0 Å². The Labute approximate surface area is 159 Å². The molecule has 0 radical (unpaired) electrons. The van der Waals surface area contributed by atoms with Gasteiger partial charge in [-0.05, 0) is 30.7 Å². The molecule has 0 heterocycles. The van der Waals surface area contributed by atoms with Crippen molar-refractivity contribution in [3.8, 4) is 0 Å². The molecule has 2 aromatic carbocycles. The Balaban J connectivity index is 1.96. The number of rotatable bonds is 6. The normalized spacial score (nSPS) is 11.5. The minimum absolute atomic E-state index is 0.223.